The Labute approximate surface area is 169 Å². The Kier molecular flexibility index (Phi) is 7.17. The van der Waals surface area contributed by atoms with Crippen LogP contribution in [0.15, 0.2) is 47.4 Å². The highest BCUT2D eigenvalue weighted by Crippen LogP contribution is 2.26. The standard InChI is InChI=1S/C19H22ClN3O4S/c1-4-23(5-2)28(26,27)16-8-6-7-14(11-16)19(25)22-18-10-9-15(12-17(18)20)21-13(3)24/h6-12H,4-5H2,1-3H3,(H,21,24)(H,22,25). The summed E-state index contributed by atoms with van der Waals surface area (Å²) < 4.78 is 26.6. The molecule has 0 radical (unpaired) electrons. The van der Waals surface area contributed by atoms with Gasteiger partial charge in [0.25, 0.3) is 5.91 Å². The average molecular weight is 424 g/mol. The van der Waals surface area contributed by atoms with E-state index in [-0.39, 0.29) is 21.4 Å². The normalized spacial score (nSPS) is 11.3. The number of hydrogen-bond acceptors (Lipinski definition) is 4. The quantitative estimate of drug-likeness (QED) is 0.711. The topological polar surface area (TPSA) is 95.6 Å². The summed E-state index contributed by atoms with van der Waals surface area (Å²) in [7, 11) is -3.67. The number of benzene rings is 2. The van der Waals surface area contributed by atoms with Crippen molar-refractivity contribution in [1.29, 1.82) is 0 Å². The van der Waals surface area contributed by atoms with Crippen LogP contribution in [-0.4, -0.2) is 37.6 Å². The van der Waals surface area contributed by atoms with E-state index in [9.17, 15) is 18.0 Å². The molecule has 0 aliphatic rings. The van der Waals surface area contributed by atoms with Gasteiger partial charge in [0.1, 0.15) is 0 Å². The molecule has 2 N–H and O–H groups in total. The van der Waals surface area contributed by atoms with Crippen molar-refractivity contribution in [3.63, 3.8) is 0 Å². The van der Waals surface area contributed by atoms with Crippen LogP contribution in [0.4, 0.5) is 11.4 Å². The number of hydrogen-bond donors (Lipinski definition) is 2. The fourth-order valence-corrected chi connectivity index (χ4v) is 4.33. The highest BCUT2D eigenvalue weighted by atomic mass is 35.5. The number of sulfonamides is 1. The second-order valence-corrected chi connectivity index (χ2v) is 8.29. The third-order valence-corrected chi connectivity index (χ3v) is 6.34. The summed E-state index contributed by atoms with van der Waals surface area (Å²) in [6.45, 7) is 5.56. The summed E-state index contributed by atoms with van der Waals surface area (Å²) in [4.78, 5) is 23.7. The van der Waals surface area contributed by atoms with E-state index in [1.165, 1.54) is 41.6 Å². The molecule has 0 saturated carbocycles. The Balaban J connectivity index is 2.25. The zero-order valence-corrected chi connectivity index (χ0v) is 17.4. The number of carbonyl (C=O) groups excluding carboxylic acids is 2. The van der Waals surface area contributed by atoms with Crippen LogP contribution in [0.3, 0.4) is 0 Å². The fraction of sp³-hybridized carbons (Fsp3) is 0.263. The van der Waals surface area contributed by atoms with E-state index in [0.29, 0.717) is 24.5 Å². The predicted octanol–water partition coefficient (Wildman–Crippen LogP) is 3.58. The first-order chi connectivity index (χ1) is 13.2. The number of anilines is 2. The lowest BCUT2D eigenvalue weighted by atomic mass is 10.2. The van der Waals surface area contributed by atoms with Gasteiger partial charge in [-0.25, -0.2) is 8.42 Å². The average Bonchev–Trinajstić information content (AvgIpc) is 2.64. The van der Waals surface area contributed by atoms with Crippen molar-refractivity contribution in [3.05, 3.63) is 53.1 Å². The fourth-order valence-electron chi connectivity index (χ4n) is 2.60. The van der Waals surface area contributed by atoms with Crippen LogP contribution in [0, 0.1) is 0 Å². The maximum absolute atomic E-state index is 12.6. The molecule has 0 aliphatic carbocycles. The number of nitrogens with zero attached hydrogens (tertiary/aromatic N) is 1. The molecule has 0 heterocycles. The third kappa shape index (κ3) is 5.09. The van der Waals surface area contributed by atoms with Gasteiger partial charge in [-0.1, -0.05) is 31.5 Å². The molecule has 9 heteroatoms. The summed E-state index contributed by atoms with van der Waals surface area (Å²) in [5.41, 5.74) is 1.04. The molecule has 0 aliphatic heterocycles. The summed E-state index contributed by atoms with van der Waals surface area (Å²) >= 11 is 6.16. The summed E-state index contributed by atoms with van der Waals surface area (Å²) in [6, 6.07) is 10.5. The minimum Gasteiger partial charge on any atom is -0.326 e. The summed E-state index contributed by atoms with van der Waals surface area (Å²) in [6.07, 6.45) is 0. The Hall–Kier alpha value is -2.42. The lowest BCUT2D eigenvalue weighted by Crippen LogP contribution is -2.30. The molecular formula is C19H22ClN3O4S. The van der Waals surface area contributed by atoms with Crippen molar-refractivity contribution >= 4 is 44.8 Å². The SMILES string of the molecule is CCN(CC)S(=O)(=O)c1cccc(C(=O)Nc2ccc(NC(C)=O)cc2Cl)c1. The monoisotopic (exact) mass is 423 g/mol. The third-order valence-electron chi connectivity index (χ3n) is 3.98. The number of halogens is 1. The van der Waals surface area contributed by atoms with Gasteiger partial charge in [-0.3, -0.25) is 9.59 Å². The predicted molar refractivity (Wildman–Crippen MR) is 110 cm³/mol. The molecule has 7 nitrogen and oxygen atoms in total. The van der Waals surface area contributed by atoms with E-state index in [1.807, 2.05) is 0 Å². The minimum absolute atomic E-state index is 0.0518. The van der Waals surface area contributed by atoms with Crippen LogP contribution in [0.5, 0.6) is 0 Å². The molecule has 0 spiro atoms. The van der Waals surface area contributed by atoms with Gasteiger partial charge < -0.3 is 10.6 Å². The second kappa shape index (κ2) is 9.18. The van der Waals surface area contributed by atoms with E-state index in [2.05, 4.69) is 10.6 Å². The molecule has 2 aromatic rings. The van der Waals surface area contributed by atoms with Crippen LogP contribution in [0.2, 0.25) is 5.02 Å². The molecule has 0 atom stereocenters. The molecule has 0 fully saturated rings. The molecule has 28 heavy (non-hydrogen) atoms. The van der Waals surface area contributed by atoms with E-state index >= 15 is 0 Å². The molecule has 150 valence electrons. The summed E-state index contributed by atoms with van der Waals surface area (Å²) in [5.74, 6) is -0.732. The van der Waals surface area contributed by atoms with Crippen molar-refractivity contribution in [2.24, 2.45) is 0 Å². The van der Waals surface area contributed by atoms with Crippen LogP contribution in [-0.2, 0) is 14.8 Å². The summed E-state index contributed by atoms with van der Waals surface area (Å²) in [5, 5.41) is 5.49. The highest BCUT2D eigenvalue weighted by molar-refractivity contribution is 7.89. The highest BCUT2D eigenvalue weighted by Gasteiger charge is 2.22. The van der Waals surface area contributed by atoms with Crippen molar-refractivity contribution in [3.8, 4) is 0 Å². The lowest BCUT2D eigenvalue weighted by molar-refractivity contribution is -0.114. The molecule has 2 rings (SSSR count). The van der Waals surface area contributed by atoms with Gasteiger partial charge in [0.15, 0.2) is 0 Å². The molecule has 0 aromatic heterocycles. The van der Waals surface area contributed by atoms with Gasteiger partial charge in [0.2, 0.25) is 15.9 Å². The molecule has 0 saturated heterocycles. The van der Waals surface area contributed by atoms with Crippen molar-refractivity contribution in [2.75, 3.05) is 23.7 Å². The molecule has 2 amide bonds. The van der Waals surface area contributed by atoms with E-state index < -0.39 is 15.9 Å². The molecular weight excluding hydrogens is 402 g/mol. The molecule has 0 bridgehead atoms. The van der Waals surface area contributed by atoms with Gasteiger partial charge in [0, 0.05) is 31.3 Å². The van der Waals surface area contributed by atoms with E-state index in [4.69, 9.17) is 11.6 Å². The van der Waals surface area contributed by atoms with Crippen molar-refractivity contribution in [1.82, 2.24) is 4.31 Å². The van der Waals surface area contributed by atoms with Crippen LogP contribution in [0.1, 0.15) is 31.1 Å². The van der Waals surface area contributed by atoms with Crippen molar-refractivity contribution < 1.29 is 18.0 Å². The van der Waals surface area contributed by atoms with E-state index in [1.54, 1.807) is 26.0 Å². The largest absolute Gasteiger partial charge is 0.326 e. The number of amides is 2. The zero-order chi connectivity index (χ0) is 20.9. The van der Waals surface area contributed by atoms with Crippen molar-refractivity contribution in [2.45, 2.75) is 25.7 Å². The van der Waals surface area contributed by atoms with Crippen LogP contribution < -0.4 is 10.6 Å². The molecule has 0 unspecified atom stereocenters. The number of nitrogens with one attached hydrogen (secondary N) is 2. The Morgan fingerprint density at radius 2 is 1.71 bits per heavy atom. The van der Waals surface area contributed by atoms with Gasteiger partial charge in [0.05, 0.1) is 15.6 Å². The number of carbonyl (C=O) groups is 2. The Morgan fingerprint density at radius 1 is 1.04 bits per heavy atom. The first kappa shape index (κ1) is 21.9. The maximum atomic E-state index is 12.6. The van der Waals surface area contributed by atoms with E-state index in [0.717, 1.165) is 0 Å². The van der Waals surface area contributed by atoms with Gasteiger partial charge >= 0.3 is 0 Å². The smallest absolute Gasteiger partial charge is 0.255 e. The Morgan fingerprint density at radius 3 is 2.29 bits per heavy atom. The maximum Gasteiger partial charge on any atom is 0.255 e. The van der Waals surface area contributed by atoms with Gasteiger partial charge in [-0.2, -0.15) is 4.31 Å². The first-order valence-corrected chi connectivity index (χ1v) is 10.5. The number of rotatable bonds is 7. The van der Waals surface area contributed by atoms with Gasteiger partial charge in [-0.15, -0.1) is 0 Å². The van der Waals surface area contributed by atoms with Gasteiger partial charge in [-0.05, 0) is 36.4 Å². The Bertz CT molecular complexity index is 988. The lowest BCUT2D eigenvalue weighted by Gasteiger charge is -2.18. The first-order valence-electron chi connectivity index (χ1n) is 8.67. The second-order valence-electron chi connectivity index (χ2n) is 5.95. The minimum atomic E-state index is -3.67. The molecule has 2 aromatic carbocycles. The van der Waals surface area contributed by atoms with Crippen LogP contribution in [0.25, 0.3) is 0 Å². The van der Waals surface area contributed by atoms with Crippen LogP contribution >= 0.6 is 11.6 Å². The zero-order valence-electron chi connectivity index (χ0n) is 15.8.